The molecule has 2 aromatic rings. The van der Waals surface area contributed by atoms with Crippen molar-refractivity contribution in [1.82, 2.24) is 15.0 Å². The minimum atomic E-state index is 0.146. The first kappa shape index (κ1) is 11.2. The van der Waals surface area contributed by atoms with Crippen LogP contribution in [0.1, 0.15) is 11.1 Å². The normalized spacial score (nSPS) is 13.6. The lowest BCUT2D eigenvalue weighted by Gasteiger charge is -2.15. The summed E-state index contributed by atoms with van der Waals surface area (Å²) in [5.74, 6) is 0.544. The molecule has 2 heterocycles. The van der Waals surface area contributed by atoms with Crippen LogP contribution < -0.4 is 9.64 Å². The standard InChI is InChI=1S/C12H11ClN4O/c1-18-12-15-10(13)14-11(16-12)17-6-8-4-2-3-5-9(8)7-17/h2-5H,6-7H2,1H3. The largest absolute Gasteiger partial charge is 0.467 e. The van der Waals surface area contributed by atoms with E-state index in [9.17, 15) is 0 Å². The third-order valence-electron chi connectivity index (χ3n) is 2.88. The quantitative estimate of drug-likeness (QED) is 0.829. The topological polar surface area (TPSA) is 51.1 Å². The Morgan fingerprint density at radius 2 is 1.78 bits per heavy atom. The van der Waals surface area contributed by atoms with Gasteiger partial charge < -0.3 is 9.64 Å². The van der Waals surface area contributed by atoms with E-state index in [0.717, 1.165) is 13.1 Å². The minimum absolute atomic E-state index is 0.146. The van der Waals surface area contributed by atoms with Crippen molar-refractivity contribution in [3.63, 3.8) is 0 Å². The molecular weight excluding hydrogens is 252 g/mol. The molecule has 0 bridgehead atoms. The van der Waals surface area contributed by atoms with Crippen LogP contribution in [0.25, 0.3) is 0 Å². The van der Waals surface area contributed by atoms with Crippen molar-refractivity contribution in [2.24, 2.45) is 0 Å². The molecule has 0 fully saturated rings. The maximum atomic E-state index is 5.85. The Kier molecular flexibility index (Phi) is 2.76. The molecule has 0 spiro atoms. The Bertz CT molecular complexity index is 565. The molecule has 0 saturated carbocycles. The fraction of sp³-hybridized carbons (Fsp3) is 0.250. The zero-order chi connectivity index (χ0) is 12.5. The highest BCUT2D eigenvalue weighted by molar-refractivity contribution is 6.28. The third kappa shape index (κ3) is 1.97. The van der Waals surface area contributed by atoms with Crippen LogP contribution in [-0.2, 0) is 13.1 Å². The monoisotopic (exact) mass is 262 g/mol. The smallest absolute Gasteiger partial charge is 0.322 e. The number of methoxy groups -OCH3 is 1. The van der Waals surface area contributed by atoms with Gasteiger partial charge >= 0.3 is 6.01 Å². The van der Waals surface area contributed by atoms with E-state index in [-0.39, 0.29) is 11.3 Å². The van der Waals surface area contributed by atoms with Crippen LogP contribution in [0.2, 0.25) is 5.28 Å². The molecule has 0 unspecified atom stereocenters. The van der Waals surface area contributed by atoms with Crippen molar-refractivity contribution >= 4 is 17.5 Å². The number of fused-ring (bicyclic) bond motifs is 1. The Morgan fingerprint density at radius 3 is 2.39 bits per heavy atom. The summed E-state index contributed by atoms with van der Waals surface area (Å²) in [6.45, 7) is 1.55. The van der Waals surface area contributed by atoms with E-state index in [1.807, 2.05) is 17.0 Å². The average Bonchev–Trinajstić information content (AvgIpc) is 2.81. The molecule has 0 aliphatic carbocycles. The summed E-state index contributed by atoms with van der Waals surface area (Å²) >= 11 is 5.85. The van der Waals surface area contributed by atoms with E-state index >= 15 is 0 Å². The molecule has 0 N–H and O–H groups in total. The lowest BCUT2D eigenvalue weighted by atomic mass is 10.1. The lowest BCUT2D eigenvalue weighted by molar-refractivity contribution is 0.378. The number of anilines is 1. The SMILES string of the molecule is COc1nc(Cl)nc(N2Cc3ccccc3C2)n1. The fourth-order valence-corrected chi connectivity index (χ4v) is 2.18. The molecule has 18 heavy (non-hydrogen) atoms. The molecule has 1 aliphatic rings. The third-order valence-corrected chi connectivity index (χ3v) is 3.05. The van der Waals surface area contributed by atoms with Gasteiger partial charge in [-0.25, -0.2) is 0 Å². The summed E-state index contributed by atoms with van der Waals surface area (Å²) in [4.78, 5) is 14.3. The maximum Gasteiger partial charge on any atom is 0.322 e. The first-order chi connectivity index (χ1) is 8.76. The molecule has 0 radical (unpaired) electrons. The van der Waals surface area contributed by atoms with Gasteiger partial charge in [0.2, 0.25) is 11.2 Å². The van der Waals surface area contributed by atoms with E-state index < -0.39 is 0 Å². The van der Waals surface area contributed by atoms with Gasteiger partial charge in [0.15, 0.2) is 0 Å². The number of aromatic nitrogens is 3. The number of rotatable bonds is 2. The van der Waals surface area contributed by atoms with Crippen molar-refractivity contribution in [3.05, 3.63) is 40.7 Å². The number of ether oxygens (including phenoxy) is 1. The molecule has 0 saturated heterocycles. The molecule has 6 heteroatoms. The van der Waals surface area contributed by atoms with Gasteiger partial charge in [0, 0.05) is 13.1 Å². The molecule has 1 aliphatic heterocycles. The van der Waals surface area contributed by atoms with Crippen LogP contribution in [-0.4, -0.2) is 22.1 Å². The molecule has 1 aromatic heterocycles. The van der Waals surface area contributed by atoms with Gasteiger partial charge in [-0.3, -0.25) is 0 Å². The van der Waals surface area contributed by atoms with E-state index in [4.69, 9.17) is 16.3 Å². The average molecular weight is 263 g/mol. The van der Waals surface area contributed by atoms with Crippen LogP contribution in [0.3, 0.4) is 0 Å². The van der Waals surface area contributed by atoms with Crippen LogP contribution in [0.4, 0.5) is 5.95 Å². The molecule has 3 rings (SSSR count). The summed E-state index contributed by atoms with van der Waals surface area (Å²) in [5.41, 5.74) is 2.57. The van der Waals surface area contributed by atoms with E-state index in [1.54, 1.807) is 0 Å². The number of nitrogens with zero attached hydrogens (tertiary/aromatic N) is 4. The van der Waals surface area contributed by atoms with Crippen molar-refractivity contribution in [3.8, 4) is 6.01 Å². The predicted molar refractivity (Wildman–Crippen MR) is 67.7 cm³/mol. The predicted octanol–water partition coefficient (Wildman–Crippen LogP) is 2.05. The summed E-state index contributed by atoms with van der Waals surface area (Å²) < 4.78 is 5.00. The number of halogens is 1. The van der Waals surface area contributed by atoms with Crippen LogP contribution in [0.15, 0.2) is 24.3 Å². The molecule has 92 valence electrons. The zero-order valence-corrected chi connectivity index (χ0v) is 10.6. The first-order valence-electron chi connectivity index (χ1n) is 5.53. The number of hydrogen-bond acceptors (Lipinski definition) is 5. The summed E-state index contributed by atoms with van der Waals surface area (Å²) in [6, 6.07) is 8.51. The zero-order valence-electron chi connectivity index (χ0n) is 9.80. The van der Waals surface area contributed by atoms with Crippen LogP contribution in [0.5, 0.6) is 6.01 Å². The molecule has 0 atom stereocenters. The highest BCUT2D eigenvalue weighted by atomic mass is 35.5. The maximum absolute atomic E-state index is 5.85. The van der Waals surface area contributed by atoms with Gasteiger partial charge in [0.25, 0.3) is 0 Å². The van der Waals surface area contributed by atoms with Gasteiger partial charge in [-0.1, -0.05) is 24.3 Å². The van der Waals surface area contributed by atoms with Crippen molar-refractivity contribution in [2.45, 2.75) is 13.1 Å². The second kappa shape index (κ2) is 4.42. The number of benzene rings is 1. The van der Waals surface area contributed by atoms with E-state index in [0.29, 0.717) is 5.95 Å². The minimum Gasteiger partial charge on any atom is -0.467 e. The summed E-state index contributed by atoms with van der Waals surface area (Å²) in [7, 11) is 1.51. The Balaban J connectivity index is 1.92. The molecular formula is C12H11ClN4O. The molecule has 5 nitrogen and oxygen atoms in total. The second-order valence-electron chi connectivity index (χ2n) is 4.02. The Morgan fingerprint density at radius 1 is 1.11 bits per heavy atom. The molecule has 1 aromatic carbocycles. The summed E-state index contributed by atoms with van der Waals surface area (Å²) in [5, 5.41) is 0.146. The van der Waals surface area contributed by atoms with Crippen molar-refractivity contribution in [2.75, 3.05) is 12.0 Å². The Labute approximate surface area is 109 Å². The van der Waals surface area contributed by atoms with E-state index in [2.05, 4.69) is 27.1 Å². The fourth-order valence-electron chi connectivity index (χ4n) is 2.03. The van der Waals surface area contributed by atoms with Gasteiger partial charge in [0.1, 0.15) is 0 Å². The van der Waals surface area contributed by atoms with Gasteiger partial charge in [-0.2, -0.15) is 15.0 Å². The highest BCUT2D eigenvalue weighted by Gasteiger charge is 2.21. The highest BCUT2D eigenvalue weighted by Crippen LogP contribution is 2.26. The van der Waals surface area contributed by atoms with Gasteiger partial charge in [0.05, 0.1) is 7.11 Å². The van der Waals surface area contributed by atoms with Crippen molar-refractivity contribution < 1.29 is 4.74 Å². The van der Waals surface area contributed by atoms with Crippen LogP contribution >= 0.6 is 11.6 Å². The van der Waals surface area contributed by atoms with Crippen molar-refractivity contribution in [1.29, 1.82) is 0 Å². The summed E-state index contributed by atoms with van der Waals surface area (Å²) in [6.07, 6.45) is 0. The Hall–Kier alpha value is -1.88. The number of hydrogen-bond donors (Lipinski definition) is 0. The van der Waals surface area contributed by atoms with Crippen LogP contribution in [0, 0.1) is 0 Å². The van der Waals surface area contributed by atoms with Gasteiger partial charge in [-0.15, -0.1) is 0 Å². The molecule has 0 amide bonds. The lowest BCUT2D eigenvalue weighted by Crippen LogP contribution is -2.18. The second-order valence-corrected chi connectivity index (χ2v) is 4.35. The first-order valence-corrected chi connectivity index (χ1v) is 5.91. The van der Waals surface area contributed by atoms with E-state index in [1.165, 1.54) is 18.2 Å². The van der Waals surface area contributed by atoms with Gasteiger partial charge in [-0.05, 0) is 22.7 Å².